The van der Waals surface area contributed by atoms with Gasteiger partial charge in [-0.25, -0.2) is 0 Å². The van der Waals surface area contributed by atoms with Crippen LogP contribution < -0.4 is 4.74 Å². The third-order valence-corrected chi connectivity index (χ3v) is 5.89. The van der Waals surface area contributed by atoms with Crippen molar-refractivity contribution in [2.24, 2.45) is 5.92 Å². The molecule has 7 nitrogen and oxygen atoms in total. The lowest BCUT2D eigenvalue weighted by Gasteiger charge is -2.35. The van der Waals surface area contributed by atoms with Gasteiger partial charge in [-0.05, 0) is 49.1 Å². The van der Waals surface area contributed by atoms with E-state index in [1.54, 1.807) is 14.2 Å². The molecule has 1 aromatic carbocycles. The fourth-order valence-electron chi connectivity index (χ4n) is 4.34. The molecule has 3 fully saturated rings. The summed E-state index contributed by atoms with van der Waals surface area (Å²) >= 11 is 0. The number of ether oxygens (including phenoxy) is 2. The van der Waals surface area contributed by atoms with Gasteiger partial charge in [-0.2, -0.15) is 5.10 Å². The minimum atomic E-state index is 0.0396. The molecule has 28 heavy (non-hydrogen) atoms. The molecule has 2 aromatic rings. The van der Waals surface area contributed by atoms with Gasteiger partial charge in [-0.15, -0.1) is 0 Å². The van der Waals surface area contributed by atoms with Crippen molar-refractivity contribution in [2.45, 2.75) is 18.9 Å². The Hall–Kier alpha value is -2.38. The first-order valence-electron chi connectivity index (χ1n) is 9.90. The number of nitrogens with zero attached hydrogens (tertiary/aromatic N) is 3. The number of benzene rings is 1. The summed E-state index contributed by atoms with van der Waals surface area (Å²) in [7, 11) is 3.38. The summed E-state index contributed by atoms with van der Waals surface area (Å²) in [5, 5.41) is 7.29. The van der Waals surface area contributed by atoms with Crippen molar-refractivity contribution < 1.29 is 14.3 Å². The second kappa shape index (κ2) is 8.32. The maximum absolute atomic E-state index is 13.1. The van der Waals surface area contributed by atoms with Gasteiger partial charge < -0.3 is 14.4 Å². The Balaban J connectivity index is 1.46. The van der Waals surface area contributed by atoms with Gasteiger partial charge in [-0.3, -0.25) is 14.8 Å². The second-order valence-electron chi connectivity index (χ2n) is 7.69. The van der Waals surface area contributed by atoms with E-state index in [4.69, 9.17) is 9.47 Å². The number of nitrogens with one attached hydrogen (secondary N) is 1. The summed E-state index contributed by atoms with van der Waals surface area (Å²) in [4.78, 5) is 17.6. The molecule has 2 atom stereocenters. The molecule has 0 radical (unpaired) electrons. The number of carbonyl (C=O) groups excluding carboxylic acids is 1. The minimum absolute atomic E-state index is 0.0396. The van der Waals surface area contributed by atoms with Gasteiger partial charge in [0, 0.05) is 44.9 Å². The summed E-state index contributed by atoms with van der Waals surface area (Å²) < 4.78 is 10.5. The molecule has 1 amide bonds. The largest absolute Gasteiger partial charge is 0.497 e. The molecular weight excluding hydrogens is 356 g/mol. The summed E-state index contributed by atoms with van der Waals surface area (Å²) in [5.74, 6) is 1.37. The zero-order valence-corrected chi connectivity index (χ0v) is 16.6. The number of aromatic amines is 1. The van der Waals surface area contributed by atoms with Gasteiger partial charge in [0.1, 0.15) is 11.4 Å². The topological polar surface area (TPSA) is 70.7 Å². The number of hydrogen-bond acceptors (Lipinski definition) is 5. The van der Waals surface area contributed by atoms with Crippen LogP contribution in [0.1, 0.15) is 23.3 Å². The fraction of sp³-hybridized carbons (Fsp3) is 0.524. The first-order chi connectivity index (χ1) is 13.7. The van der Waals surface area contributed by atoms with Crippen molar-refractivity contribution in [1.82, 2.24) is 20.0 Å². The average molecular weight is 384 g/mol. The number of fused-ring (bicyclic) bond motifs is 4. The molecule has 0 unspecified atom stereocenters. The summed E-state index contributed by atoms with van der Waals surface area (Å²) in [6.45, 7) is 4.32. The minimum Gasteiger partial charge on any atom is -0.497 e. The number of aromatic nitrogens is 2. The van der Waals surface area contributed by atoms with Crippen LogP contribution in [0.15, 0.2) is 30.3 Å². The Morgan fingerprint density at radius 3 is 2.75 bits per heavy atom. The van der Waals surface area contributed by atoms with Crippen molar-refractivity contribution in [3.63, 3.8) is 0 Å². The van der Waals surface area contributed by atoms with Crippen LogP contribution in [0.25, 0.3) is 11.3 Å². The zero-order chi connectivity index (χ0) is 19.5. The molecule has 7 heteroatoms. The standard InChI is InChI=1S/C21H28N4O3/c1-27-10-9-24-12-15-3-6-17(24)14-25(13-15)21(26)20-11-19(22-23-20)16-4-7-18(28-2)8-5-16/h4-5,7-8,11,15,17H,3,6,9-10,12-14H2,1-2H3,(H,22,23)/t15-,17-/m1/s1. The highest BCUT2D eigenvalue weighted by Gasteiger charge is 2.36. The molecule has 0 aliphatic carbocycles. The van der Waals surface area contributed by atoms with Crippen LogP contribution in [0.5, 0.6) is 5.75 Å². The molecule has 3 aliphatic heterocycles. The highest BCUT2D eigenvalue weighted by Crippen LogP contribution is 2.29. The summed E-state index contributed by atoms with van der Waals surface area (Å²) in [6, 6.07) is 9.95. The second-order valence-corrected chi connectivity index (χ2v) is 7.69. The van der Waals surface area contributed by atoms with Crippen LogP contribution >= 0.6 is 0 Å². The molecule has 0 spiro atoms. The first-order valence-corrected chi connectivity index (χ1v) is 9.90. The van der Waals surface area contributed by atoms with E-state index in [-0.39, 0.29) is 5.91 Å². The molecule has 3 saturated heterocycles. The van der Waals surface area contributed by atoms with E-state index in [1.165, 1.54) is 6.42 Å². The fourth-order valence-corrected chi connectivity index (χ4v) is 4.34. The SMILES string of the molecule is COCCN1C[C@H]2CC[C@@H]1CN(C(=O)c1cc(-c3ccc(OC)cc3)n[nH]1)C2. The molecule has 3 aliphatic rings. The van der Waals surface area contributed by atoms with Crippen LogP contribution in [0.2, 0.25) is 0 Å². The molecule has 5 rings (SSSR count). The van der Waals surface area contributed by atoms with Crippen molar-refractivity contribution >= 4 is 5.91 Å². The van der Waals surface area contributed by atoms with E-state index in [9.17, 15) is 4.79 Å². The smallest absolute Gasteiger partial charge is 0.271 e. The molecule has 4 heterocycles. The van der Waals surface area contributed by atoms with E-state index < -0.39 is 0 Å². The number of H-pyrrole nitrogens is 1. The van der Waals surface area contributed by atoms with Gasteiger partial charge in [-0.1, -0.05) is 0 Å². The predicted octanol–water partition coefficient (Wildman–Crippen LogP) is 2.27. The van der Waals surface area contributed by atoms with Crippen LogP contribution in [0.3, 0.4) is 0 Å². The lowest BCUT2D eigenvalue weighted by molar-refractivity contribution is 0.0712. The lowest BCUT2D eigenvalue weighted by atomic mass is 9.95. The van der Waals surface area contributed by atoms with Crippen LogP contribution in [0.4, 0.5) is 0 Å². The predicted molar refractivity (Wildman–Crippen MR) is 106 cm³/mol. The van der Waals surface area contributed by atoms with E-state index in [2.05, 4.69) is 15.1 Å². The Labute approximate surface area is 165 Å². The number of hydrogen-bond donors (Lipinski definition) is 1. The third-order valence-electron chi connectivity index (χ3n) is 5.89. The lowest BCUT2D eigenvalue weighted by Crippen LogP contribution is -2.45. The van der Waals surface area contributed by atoms with Gasteiger partial charge in [0.25, 0.3) is 5.91 Å². The number of methoxy groups -OCH3 is 2. The van der Waals surface area contributed by atoms with E-state index >= 15 is 0 Å². The Morgan fingerprint density at radius 1 is 1.18 bits per heavy atom. The van der Waals surface area contributed by atoms with Crippen LogP contribution in [0, 0.1) is 5.92 Å². The van der Waals surface area contributed by atoms with Crippen molar-refractivity contribution in [3.05, 3.63) is 36.0 Å². The van der Waals surface area contributed by atoms with Crippen LogP contribution in [-0.4, -0.2) is 79.0 Å². The maximum atomic E-state index is 13.1. The molecule has 1 N–H and O–H groups in total. The summed E-state index contributed by atoms with van der Waals surface area (Å²) in [6.07, 6.45) is 2.34. The zero-order valence-electron chi connectivity index (χ0n) is 16.6. The summed E-state index contributed by atoms with van der Waals surface area (Å²) in [5.41, 5.74) is 2.28. The Morgan fingerprint density at radius 2 is 2.00 bits per heavy atom. The highest BCUT2D eigenvalue weighted by atomic mass is 16.5. The van der Waals surface area contributed by atoms with Gasteiger partial charge in [0.15, 0.2) is 0 Å². The van der Waals surface area contributed by atoms with E-state index in [0.29, 0.717) is 17.7 Å². The quantitative estimate of drug-likeness (QED) is 0.827. The molecular formula is C21H28N4O3. The van der Waals surface area contributed by atoms with Gasteiger partial charge in [0.05, 0.1) is 19.4 Å². The number of carbonyl (C=O) groups is 1. The van der Waals surface area contributed by atoms with Crippen LogP contribution in [-0.2, 0) is 4.74 Å². The van der Waals surface area contributed by atoms with Gasteiger partial charge in [0.2, 0.25) is 0 Å². The van der Waals surface area contributed by atoms with Gasteiger partial charge >= 0.3 is 0 Å². The highest BCUT2D eigenvalue weighted by molar-refractivity contribution is 5.93. The molecule has 150 valence electrons. The number of rotatable bonds is 6. The molecule has 0 saturated carbocycles. The third kappa shape index (κ3) is 3.91. The Bertz CT molecular complexity index is 804. The van der Waals surface area contributed by atoms with Crippen molar-refractivity contribution in [2.75, 3.05) is 47.0 Å². The molecule has 2 bridgehead atoms. The van der Waals surface area contributed by atoms with Crippen molar-refractivity contribution in [3.8, 4) is 17.0 Å². The van der Waals surface area contributed by atoms with Crippen molar-refractivity contribution in [1.29, 1.82) is 0 Å². The normalized spacial score (nSPS) is 22.3. The van der Waals surface area contributed by atoms with E-state index in [0.717, 1.165) is 56.2 Å². The molecule has 1 aromatic heterocycles. The maximum Gasteiger partial charge on any atom is 0.271 e. The van der Waals surface area contributed by atoms with E-state index in [1.807, 2.05) is 35.2 Å². The monoisotopic (exact) mass is 384 g/mol. The Kier molecular flexibility index (Phi) is 5.64. The number of amides is 1. The average Bonchev–Trinajstić information content (AvgIpc) is 3.05. The number of piperidine rings is 1. The first kappa shape index (κ1) is 19.0.